The Hall–Kier alpha value is -1.27. The number of likely N-dealkylation sites (tertiary alicyclic amines) is 1. The normalized spacial score (nSPS) is 17.9. The van der Waals surface area contributed by atoms with Gasteiger partial charge in [0.05, 0.1) is 6.10 Å². The highest BCUT2D eigenvalue weighted by Gasteiger charge is 2.19. The Kier molecular flexibility index (Phi) is 6.37. The number of hydrogen-bond acceptors (Lipinski definition) is 5. The van der Waals surface area contributed by atoms with Crippen LogP contribution in [0.1, 0.15) is 24.6 Å². The summed E-state index contributed by atoms with van der Waals surface area (Å²) in [6.45, 7) is 6.86. The first-order chi connectivity index (χ1) is 11.7. The molecule has 5 heteroatoms. The molecular formula is C19H27N3OS. The summed E-state index contributed by atoms with van der Waals surface area (Å²) in [5.41, 5.74) is 1.19. The van der Waals surface area contributed by atoms with Crippen LogP contribution in [0.25, 0.3) is 10.6 Å². The zero-order chi connectivity index (χ0) is 16.8. The summed E-state index contributed by atoms with van der Waals surface area (Å²) in [7, 11) is 0. The number of piperidine rings is 1. The molecule has 24 heavy (non-hydrogen) atoms. The Labute approximate surface area is 148 Å². The largest absolute Gasteiger partial charge is 0.392 e. The molecule has 0 amide bonds. The summed E-state index contributed by atoms with van der Waals surface area (Å²) < 4.78 is 0. The Morgan fingerprint density at radius 3 is 2.75 bits per heavy atom. The zero-order valence-electron chi connectivity index (χ0n) is 14.3. The molecule has 4 nitrogen and oxygen atoms in total. The van der Waals surface area contributed by atoms with E-state index in [-0.39, 0.29) is 6.10 Å². The fourth-order valence-corrected chi connectivity index (χ4v) is 4.14. The molecule has 0 spiro atoms. The molecule has 1 aliphatic rings. The lowest BCUT2D eigenvalue weighted by Crippen LogP contribution is -2.40. The van der Waals surface area contributed by atoms with Gasteiger partial charge in [-0.3, -0.25) is 0 Å². The number of β-amino-alcohol motifs (C(OH)–C–C–N with tert-alkyl or cyclic N) is 1. The lowest BCUT2D eigenvalue weighted by molar-refractivity contribution is 0.0998. The number of aliphatic hydroxyl groups is 1. The van der Waals surface area contributed by atoms with Gasteiger partial charge >= 0.3 is 0 Å². The van der Waals surface area contributed by atoms with Gasteiger partial charge in [-0.25, -0.2) is 4.98 Å². The van der Waals surface area contributed by atoms with E-state index in [4.69, 9.17) is 0 Å². The Balaban J connectivity index is 1.39. The standard InChI is InChI=1S/C19H27N3OS/c1-15(23)14-22-9-7-16(8-10-22)11-20-12-18-13-21-19(24-18)17-5-3-2-4-6-17/h2-6,13,15-16,20,23H,7-12,14H2,1H3/t15-/m1/s1. The van der Waals surface area contributed by atoms with Crippen molar-refractivity contribution in [1.29, 1.82) is 0 Å². The van der Waals surface area contributed by atoms with Gasteiger partial charge in [0.15, 0.2) is 0 Å². The van der Waals surface area contributed by atoms with E-state index in [1.165, 1.54) is 23.3 Å². The molecule has 1 aliphatic heterocycles. The van der Waals surface area contributed by atoms with Gasteiger partial charge in [-0.15, -0.1) is 11.3 Å². The van der Waals surface area contributed by atoms with Crippen molar-refractivity contribution in [3.05, 3.63) is 41.4 Å². The van der Waals surface area contributed by atoms with Crippen LogP contribution in [0.2, 0.25) is 0 Å². The monoisotopic (exact) mass is 345 g/mol. The van der Waals surface area contributed by atoms with Crippen molar-refractivity contribution in [2.75, 3.05) is 26.2 Å². The van der Waals surface area contributed by atoms with Crippen molar-refractivity contribution in [2.24, 2.45) is 5.92 Å². The number of aromatic nitrogens is 1. The summed E-state index contributed by atoms with van der Waals surface area (Å²) in [6.07, 6.45) is 4.21. The third-order valence-electron chi connectivity index (χ3n) is 4.54. The van der Waals surface area contributed by atoms with Crippen LogP contribution in [0.3, 0.4) is 0 Å². The van der Waals surface area contributed by atoms with E-state index in [1.807, 2.05) is 19.2 Å². The van der Waals surface area contributed by atoms with Gasteiger partial charge < -0.3 is 15.3 Å². The van der Waals surface area contributed by atoms with E-state index in [9.17, 15) is 5.11 Å². The van der Waals surface area contributed by atoms with Crippen LogP contribution in [0.4, 0.5) is 0 Å². The average Bonchev–Trinajstić information content (AvgIpc) is 3.06. The molecule has 2 aromatic rings. The highest BCUT2D eigenvalue weighted by atomic mass is 32.1. The van der Waals surface area contributed by atoms with Crippen LogP contribution in [0.15, 0.2) is 36.5 Å². The summed E-state index contributed by atoms with van der Waals surface area (Å²) in [6, 6.07) is 10.4. The maximum absolute atomic E-state index is 9.46. The second-order valence-electron chi connectivity index (χ2n) is 6.72. The molecule has 0 saturated carbocycles. The minimum atomic E-state index is -0.218. The molecule has 2 heterocycles. The minimum absolute atomic E-state index is 0.218. The molecule has 0 radical (unpaired) electrons. The average molecular weight is 346 g/mol. The lowest BCUT2D eigenvalue weighted by Gasteiger charge is -2.32. The van der Waals surface area contributed by atoms with Crippen molar-refractivity contribution < 1.29 is 5.11 Å². The van der Waals surface area contributed by atoms with E-state index in [0.29, 0.717) is 0 Å². The predicted molar refractivity (Wildman–Crippen MR) is 100 cm³/mol. The van der Waals surface area contributed by atoms with Crippen molar-refractivity contribution in [1.82, 2.24) is 15.2 Å². The van der Waals surface area contributed by atoms with E-state index < -0.39 is 0 Å². The first-order valence-corrected chi connectivity index (χ1v) is 9.63. The Morgan fingerprint density at radius 1 is 1.29 bits per heavy atom. The quantitative estimate of drug-likeness (QED) is 0.810. The van der Waals surface area contributed by atoms with Crippen molar-refractivity contribution in [2.45, 2.75) is 32.4 Å². The third-order valence-corrected chi connectivity index (χ3v) is 5.58. The number of nitrogens with zero attached hydrogens (tertiary/aromatic N) is 2. The summed E-state index contributed by atoms with van der Waals surface area (Å²) in [5, 5.41) is 14.2. The third kappa shape index (κ3) is 5.11. The summed E-state index contributed by atoms with van der Waals surface area (Å²) in [5.74, 6) is 0.747. The predicted octanol–water partition coefficient (Wildman–Crippen LogP) is 2.99. The second kappa shape index (κ2) is 8.72. The van der Waals surface area contributed by atoms with Gasteiger partial charge in [-0.05, 0) is 45.3 Å². The van der Waals surface area contributed by atoms with Crippen LogP contribution < -0.4 is 5.32 Å². The van der Waals surface area contributed by atoms with E-state index >= 15 is 0 Å². The molecule has 0 bridgehead atoms. The van der Waals surface area contributed by atoms with Gasteiger partial charge in [0, 0.05) is 29.7 Å². The molecule has 1 aromatic heterocycles. The van der Waals surface area contributed by atoms with Gasteiger partial charge in [-0.1, -0.05) is 30.3 Å². The van der Waals surface area contributed by atoms with Crippen molar-refractivity contribution in [3.63, 3.8) is 0 Å². The number of hydrogen-bond donors (Lipinski definition) is 2. The van der Waals surface area contributed by atoms with Crippen LogP contribution in [-0.2, 0) is 6.54 Å². The van der Waals surface area contributed by atoms with Crippen LogP contribution in [0.5, 0.6) is 0 Å². The molecule has 0 aliphatic carbocycles. The van der Waals surface area contributed by atoms with Crippen LogP contribution >= 0.6 is 11.3 Å². The first-order valence-electron chi connectivity index (χ1n) is 8.82. The van der Waals surface area contributed by atoms with Crippen LogP contribution in [0, 0.1) is 5.92 Å². The second-order valence-corrected chi connectivity index (χ2v) is 7.84. The van der Waals surface area contributed by atoms with E-state index in [0.717, 1.165) is 43.6 Å². The summed E-state index contributed by atoms with van der Waals surface area (Å²) in [4.78, 5) is 8.20. The fraction of sp³-hybridized carbons (Fsp3) is 0.526. The first kappa shape index (κ1) is 17.5. The van der Waals surface area contributed by atoms with Gasteiger partial charge in [0.25, 0.3) is 0 Å². The Morgan fingerprint density at radius 2 is 2.04 bits per heavy atom. The smallest absolute Gasteiger partial charge is 0.123 e. The maximum Gasteiger partial charge on any atom is 0.123 e. The molecule has 2 N–H and O–H groups in total. The van der Waals surface area contributed by atoms with Gasteiger partial charge in [0.2, 0.25) is 0 Å². The molecule has 3 rings (SSSR count). The summed E-state index contributed by atoms with van der Waals surface area (Å²) >= 11 is 1.77. The molecule has 130 valence electrons. The minimum Gasteiger partial charge on any atom is -0.392 e. The zero-order valence-corrected chi connectivity index (χ0v) is 15.1. The number of nitrogens with one attached hydrogen (secondary N) is 1. The lowest BCUT2D eigenvalue weighted by atomic mass is 9.96. The molecule has 0 unspecified atom stereocenters. The highest BCUT2D eigenvalue weighted by molar-refractivity contribution is 7.15. The van der Waals surface area contributed by atoms with Crippen molar-refractivity contribution in [3.8, 4) is 10.6 Å². The number of benzene rings is 1. The Bertz CT molecular complexity index is 606. The SMILES string of the molecule is C[C@@H](O)CN1CCC(CNCc2cnc(-c3ccccc3)s2)CC1. The van der Waals surface area contributed by atoms with Crippen molar-refractivity contribution >= 4 is 11.3 Å². The van der Waals surface area contributed by atoms with Gasteiger partial charge in [0.1, 0.15) is 5.01 Å². The fourth-order valence-electron chi connectivity index (χ4n) is 3.25. The highest BCUT2D eigenvalue weighted by Crippen LogP contribution is 2.24. The molecule has 1 atom stereocenters. The number of thiazole rings is 1. The van der Waals surface area contributed by atoms with E-state index in [2.05, 4.69) is 39.5 Å². The van der Waals surface area contributed by atoms with Crippen LogP contribution in [-0.4, -0.2) is 47.3 Å². The molecule has 1 aromatic carbocycles. The maximum atomic E-state index is 9.46. The molecule has 1 saturated heterocycles. The number of rotatable bonds is 7. The topological polar surface area (TPSA) is 48.4 Å². The van der Waals surface area contributed by atoms with Gasteiger partial charge in [-0.2, -0.15) is 0 Å². The molecule has 1 fully saturated rings. The molecular weight excluding hydrogens is 318 g/mol. The van der Waals surface area contributed by atoms with E-state index in [1.54, 1.807) is 11.3 Å². The number of aliphatic hydroxyl groups excluding tert-OH is 1.